The van der Waals surface area contributed by atoms with Crippen molar-refractivity contribution in [1.82, 2.24) is 19.5 Å². The summed E-state index contributed by atoms with van der Waals surface area (Å²) in [4.78, 5) is 19.8. The number of benzene rings is 3. The van der Waals surface area contributed by atoms with Crippen molar-refractivity contribution in [1.29, 1.82) is 0 Å². The first-order chi connectivity index (χ1) is 21.0. The number of hydrogen-bond donors (Lipinski definition) is 1. The lowest BCUT2D eigenvalue weighted by Crippen LogP contribution is -2.29. The molecule has 7 rings (SSSR count). The third-order valence-electron chi connectivity index (χ3n) is 7.53. The lowest BCUT2D eigenvalue weighted by atomic mass is 10.0. The Morgan fingerprint density at radius 3 is 2.65 bits per heavy atom. The molecule has 0 spiro atoms. The summed E-state index contributed by atoms with van der Waals surface area (Å²) in [5.74, 6) is 1.93. The number of carbonyl (C=O) groups excluding carboxylic acids is 1. The lowest BCUT2D eigenvalue weighted by Gasteiger charge is -2.15. The maximum atomic E-state index is 12.8. The molecule has 43 heavy (non-hydrogen) atoms. The van der Waals surface area contributed by atoms with Crippen LogP contribution >= 0.6 is 11.3 Å². The van der Waals surface area contributed by atoms with Crippen molar-refractivity contribution in [3.05, 3.63) is 84.1 Å². The quantitative estimate of drug-likeness (QED) is 0.239. The third-order valence-corrected chi connectivity index (χ3v) is 8.41. The van der Waals surface area contributed by atoms with E-state index in [1.54, 1.807) is 23.6 Å². The summed E-state index contributed by atoms with van der Waals surface area (Å²) < 4.78 is 24.8. The van der Waals surface area contributed by atoms with Gasteiger partial charge in [0.2, 0.25) is 4.96 Å². The molecule has 218 valence electrons. The number of aliphatic hydroxyl groups is 1. The lowest BCUT2D eigenvalue weighted by molar-refractivity contribution is 0.0765. The van der Waals surface area contributed by atoms with Crippen LogP contribution < -0.4 is 14.2 Å². The summed E-state index contributed by atoms with van der Waals surface area (Å²) in [6.07, 6.45) is 1.99. The smallest absolute Gasteiger partial charge is 0.294 e. The van der Waals surface area contributed by atoms with Crippen molar-refractivity contribution >= 4 is 33.2 Å². The van der Waals surface area contributed by atoms with E-state index in [1.807, 2.05) is 72.9 Å². The number of furan rings is 1. The molecule has 0 bridgehead atoms. The molecule has 1 aliphatic heterocycles. The zero-order valence-corrected chi connectivity index (χ0v) is 24.3. The van der Waals surface area contributed by atoms with Gasteiger partial charge in [-0.05, 0) is 65.3 Å². The molecule has 10 nitrogen and oxygen atoms in total. The Morgan fingerprint density at radius 2 is 1.91 bits per heavy atom. The Balaban J connectivity index is 1.10. The molecule has 11 heteroatoms. The second-order valence-electron chi connectivity index (χ2n) is 10.3. The minimum Gasteiger partial charge on any atom is -0.497 e. The maximum absolute atomic E-state index is 12.8. The van der Waals surface area contributed by atoms with Crippen LogP contribution in [0.5, 0.6) is 16.7 Å². The zero-order valence-electron chi connectivity index (χ0n) is 23.5. The van der Waals surface area contributed by atoms with Crippen LogP contribution in [0, 0.1) is 0 Å². The van der Waals surface area contributed by atoms with Gasteiger partial charge in [0, 0.05) is 35.7 Å². The monoisotopic (exact) mass is 596 g/mol. The van der Waals surface area contributed by atoms with E-state index in [9.17, 15) is 9.90 Å². The predicted octanol–water partition coefficient (Wildman–Crippen LogP) is 5.67. The molecule has 0 aliphatic carbocycles. The van der Waals surface area contributed by atoms with Gasteiger partial charge in [-0.3, -0.25) is 4.79 Å². The molecule has 6 aromatic rings. The Hall–Kier alpha value is -4.87. The number of ether oxygens (including phenoxy) is 3. The van der Waals surface area contributed by atoms with Crippen molar-refractivity contribution in [2.75, 3.05) is 27.3 Å². The van der Waals surface area contributed by atoms with Crippen LogP contribution in [0.3, 0.4) is 0 Å². The van der Waals surface area contributed by atoms with Gasteiger partial charge in [-0.25, -0.2) is 9.50 Å². The molecule has 0 unspecified atom stereocenters. The minimum atomic E-state index is -0.439. The number of aliphatic hydroxyl groups excluding tert-OH is 1. The molecule has 0 radical (unpaired) electrons. The highest BCUT2D eigenvalue weighted by molar-refractivity contribution is 7.18. The average molecular weight is 597 g/mol. The van der Waals surface area contributed by atoms with E-state index in [4.69, 9.17) is 18.6 Å². The number of fused-ring (bicyclic) bond motifs is 2. The highest BCUT2D eigenvalue weighted by Gasteiger charge is 2.25. The number of methoxy groups -OCH3 is 2. The summed E-state index contributed by atoms with van der Waals surface area (Å²) in [5.41, 5.74) is 4.80. The van der Waals surface area contributed by atoms with E-state index in [2.05, 4.69) is 10.1 Å². The molecule has 1 atom stereocenters. The van der Waals surface area contributed by atoms with Crippen LogP contribution in [0.2, 0.25) is 0 Å². The fourth-order valence-electron chi connectivity index (χ4n) is 5.27. The van der Waals surface area contributed by atoms with Gasteiger partial charge >= 0.3 is 0 Å². The number of imidazole rings is 1. The summed E-state index contributed by atoms with van der Waals surface area (Å²) in [7, 11) is 3.20. The van der Waals surface area contributed by atoms with E-state index in [1.165, 1.54) is 11.3 Å². The number of hydrogen-bond acceptors (Lipinski definition) is 9. The van der Waals surface area contributed by atoms with E-state index >= 15 is 0 Å². The van der Waals surface area contributed by atoms with Gasteiger partial charge in [0.05, 0.1) is 26.5 Å². The first kappa shape index (κ1) is 27.0. The van der Waals surface area contributed by atoms with Crippen LogP contribution in [0.25, 0.3) is 38.5 Å². The number of amides is 1. The van der Waals surface area contributed by atoms with Crippen LogP contribution in [0.15, 0.2) is 77.3 Å². The topological polar surface area (TPSA) is 112 Å². The molecule has 1 saturated heterocycles. The number of carbonyl (C=O) groups is 1. The first-order valence-corrected chi connectivity index (χ1v) is 14.6. The molecule has 1 N–H and O–H groups in total. The largest absolute Gasteiger partial charge is 0.497 e. The Bertz CT molecular complexity index is 1910. The van der Waals surface area contributed by atoms with E-state index in [0.717, 1.165) is 22.1 Å². The van der Waals surface area contributed by atoms with E-state index in [0.29, 0.717) is 70.4 Å². The third kappa shape index (κ3) is 5.28. The van der Waals surface area contributed by atoms with Gasteiger partial charge in [-0.1, -0.05) is 24.3 Å². The van der Waals surface area contributed by atoms with Crippen molar-refractivity contribution < 1.29 is 28.5 Å². The Kier molecular flexibility index (Phi) is 6.96. The van der Waals surface area contributed by atoms with Gasteiger partial charge in [0.15, 0.2) is 5.76 Å². The van der Waals surface area contributed by atoms with Crippen molar-refractivity contribution in [2.24, 2.45) is 0 Å². The maximum Gasteiger partial charge on any atom is 0.294 e. The molecule has 1 fully saturated rings. The van der Waals surface area contributed by atoms with Gasteiger partial charge < -0.3 is 28.6 Å². The number of rotatable bonds is 8. The van der Waals surface area contributed by atoms with Crippen LogP contribution in [-0.4, -0.2) is 63.9 Å². The van der Waals surface area contributed by atoms with Gasteiger partial charge in [0.1, 0.15) is 29.4 Å². The Morgan fingerprint density at radius 1 is 1.05 bits per heavy atom. The summed E-state index contributed by atoms with van der Waals surface area (Å²) in [6.45, 7) is 1.26. The fraction of sp³-hybridized carbons (Fsp3) is 0.219. The molecule has 1 amide bonds. The van der Waals surface area contributed by atoms with Crippen molar-refractivity contribution in [3.8, 4) is 39.3 Å². The fourth-order valence-corrected chi connectivity index (χ4v) is 5.97. The molecule has 3 aromatic carbocycles. The molecular weight excluding hydrogens is 568 g/mol. The van der Waals surface area contributed by atoms with Gasteiger partial charge in [0.25, 0.3) is 11.1 Å². The molecule has 3 aromatic heterocycles. The highest BCUT2D eigenvalue weighted by atomic mass is 32.1. The molecular formula is C32H28N4O6S. The minimum absolute atomic E-state index is 0.0585. The normalized spacial score (nSPS) is 15.0. The average Bonchev–Trinajstić information content (AvgIpc) is 3.82. The van der Waals surface area contributed by atoms with Gasteiger partial charge in [-0.15, -0.1) is 5.10 Å². The molecule has 4 heterocycles. The number of likely N-dealkylation sites (tertiary alicyclic amines) is 1. The number of β-amino-alcohol motifs (C(OH)–C–C–N with tert-alkyl or cyclic N) is 1. The molecule has 0 saturated carbocycles. The second kappa shape index (κ2) is 11.1. The van der Waals surface area contributed by atoms with Crippen molar-refractivity contribution in [2.45, 2.75) is 19.1 Å². The zero-order chi connectivity index (χ0) is 29.5. The van der Waals surface area contributed by atoms with Crippen molar-refractivity contribution in [3.63, 3.8) is 0 Å². The van der Waals surface area contributed by atoms with Crippen LogP contribution in [-0.2, 0) is 6.61 Å². The molecule has 1 aliphatic rings. The number of nitrogens with zero attached hydrogens (tertiary/aromatic N) is 4. The van der Waals surface area contributed by atoms with Crippen LogP contribution in [0.1, 0.15) is 22.3 Å². The standard InChI is InChI=1S/C32H28N4O6S/c1-39-25-13-22(26-15-29(42-28(26)14-25)27-17-36-31(33-27)43-32(34-36)40-2)18-41-24-5-3-4-21(12-24)19-6-8-20(9-7-19)30(38)35-11-10-23(37)16-35/h3-9,12-15,17,23,37H,10-11,16,18H2,1-2H3/t23-/m0/s1. The van der Waals surface area contributed by atoms with Crippen LogP contribution in [0.4, 0.5) is 0 Å². The SMILES string of the molecule is COc1cc(COc2cccc(-c3ccc(C(=O)N4CC[C@H](O)C4)cc3)c2)c2cc(-c3cn4nc(OC)sc4n3)oc2c1. The van der Waals surface area contributed by atoms with E-state index in [-0.39, 0.29) is 5.91 Å². The summed E-state index contributed by atoms with van der Waals surface area (Å²) in [6, 6.07) is 21.1. The highest BCUT2D eigenvalue weighted by Crippen LogP contribution is 2.35. The van der Waals surface area contributed by atoms with E-state index < -0.39 is 6.10 Å². The Labute approximate surface area is 250 Å². The summed E-state index contributed by atoms with van der Waals surface area (Å²) >= 11 is 1.35. The predicted molar refractivity (Wildman–Crippen MR) is 162 cm³/mol. The van der Waals surface area contributed by atoms with Gasteiger partial charge in [-0.2, -0.15) is 0 Å². The number of aromatic nitrogens is 3. The second-order valence-corrected chi connectivity index (χ2v) is 11.2. The summed E-state index contributed by atoms with van der Waals surface area (Å²) in [5, 5.41) is 15.5. The first-order valence-electron chi connectivity index (χ1n) is 13.8.